The van der Waals surface area contributed by atoms with Crippen LogP contribution in [0.2, 0.25) is 0 Å². The molecule has 0 fully saturated rings. The molecule has 0 aliphatic rings. The van der Waals surface area contributed by atoms with E-state index < -0.39 is 31.3 Å². The first-order valence-corrected chi connectivity index (χ1v) is 10.5. The van der Waals surface area contributed by atoms with Crippen LogP contribution in [0.3, 0.4) is 0 Å². The highest BCUT2D eigenvalue weighted by molar-refractivity contribution is 7.87. The Labute approximate surface area is 187 Å². The number of hydrogen-bond acceptors (Lipinski definition) is 10. The van der Waals surface area contributed by atoms with E-state index in [0.717, 1.165) is 12.1 Å². The second-order valence-corrected chi connectivity index (χ2v) is 7.91. The van der Waals surface area contributed by atoms with Crippen molar-refractivity contribution in [2.24, 2.45) is 5.10 Å². The van der Waals surface area contributed by atoms with Crippen molar-refractivity contribution < 1.29 is 27.2 Å². The van der Waals surface area contributed by atoms with E-state index in [0.29, 0.717) is 11.3 Å². The third-order valence-electron chi connectivity index (χ3n) is 4.22. The quantitative estimate of drug-likeness (QED) is 0.211. The van der Waals surface area contributed by atoms with Crippen molar-refractivity contribution in [3.63, 3.8) is 0 Å². The van der Waals surface area contributed by atoms with Crippen LogP contribution in [0.1, 0.15) is 5.56 Å². The number of non-ortho nitro benzene ring substituents is 1. The van der Waals surface area contributed by atoms with Crippen molar-refractivity contribution in [1.82, 2.24) is 0 Å². The number of hydrogen-bond donors (Lipinski definition) is 1. The zero-order valence-corrected chi connectivity index (χ0v) is 17.8. The Morgan fingerprint density at radius 3 is 2.12 bits per heavy atom. The Balaban J connectivity index is 1.68. The van der Waals surface area contributed by atoms with Crippen LogP contribution in [-0.2, 0) is 10.1 Å². The standard InChI is InChI=1S/C20H16N4O8S/c1-31-16-7-9-18(10-8-16)33(29,30)32-17-5-2-14(3-6-17)13-21-22-19-11-4-15(23(25)26)12-20(19)24(27)28/h2-13,22H,1H3/b21-13-. The van der Waals surface area contributed by atoms with Crippen LogP contribution >= 0.6 is 0 Å². The van der Waals surface area contributed by atoms with Gasteiger partial charge < -0.3 is 8.92 Å². The van der Waals surface area contributed by atoms with Crippen LogP contribution in [0, 0.1) is 20.2 Å². The molecule has 0 aliphatic carbocycles. The van der Waals surface area contributed by atoms with Gasteiger partial charge in [0.2, 0.25) is 0 Å². The molecule has 0 aliphatic heterocycles. The lowest BCUT2D eigenvalue weighted by Crippen LogP contribution is -2.09. The van der Waals surface area contributed by atoms with E-state index in [1.54, 1.807) is 0 Å². The molecular formula is C20H16N4O8S. The Morgan fingerprint density at radius 1 is 0.909 bits per heavy atom. The first-order valence-electron chi connectivity index (χ1n) is 9.10. The van der Waals surface area contributed by atoms with Gasteiger partial charge in [0, 0.05) is 6.07 Å². The second-order valence-electron chi connectivity index (χ2n) is 6.37. The topological polar surface area (TPSA) is 163 Å². The zero-order valence-electron chi connectivity index (χ0n) is 16.9. The molecule has 0 saturated carbocycles. The highest BCUT2D eigenvalue weighted by Gasteiger charge is 2.19. The predicted octanol–water partition coefficient (Wildman–Crippen LogP) is 3.73. The molecule has 0 unspecified atom stereocenters. The molecule has 0 bridgehead atoms. The third-order valence-corrected chi connectivity index (χ3v) is 5.48. The molecule has 0 saturated heterocycles. The normalized spacial score (nSPS) is 11.2. The summed E-state index contributed by atoms with van der Waals surface area (Å²) >= 11 is 0. The molecule has 0 radical (unpaired) electrons. The van der Waals surface area contributed by atoms with Crippen LogP contribution in [0.25, 0.3) is 0 Å². The van der Waals surface area contributed by atoms with Crippen LogP contribution < -0.4 is 14.3 Å². The van der Waals surface area contributed by atoms with Gasteiger partial charge in [0.15, 0.2) is 0 Å². The summed E-state index contributed by atoms with van der Waals surface area (Å²) in [6.45, 7) is 0. The first-order chi connectivity index (χ1) is 15.7. The van der Waals surface area contributed by atoms with Gasteiger partial charge in [-0.05, 0) is 60.2 Å². The minimum Gasteiger partial charge on any atom is -0.497 e. The van der Waals surface area contributed by atoms with Crippen LogP contribution in [-0.4, -0.2) is 31.6 Å². The number of nitrogens with zero attached hydrogens (tertiary/aromatic N) is 3. The molecule has 1 N–H and O–H groups in total. The van der Waals surface area contributed by atoms with E-state index in [9.17, 15) is 28.6 Å². The lowest BCUT2D eigenvalue weighted by Gasteiger charge is -2.08. The predicted molar refractivity (Wildman–Crippen MR) is 118 cm³/mol. The Morgan fingerprint density at radius 2 is 1.55 bits per heavy atom. The summed E-state index contributed by atoms with van der Waals surface area (Å²) in [5, 5.41) is 25.8. The van der Waals surface area contributed by atoms with Gasteiger partial charge in [-0.2, -0.15) is 13.5 Å². The minimum atomic E-state index is -4.04. The van der Waals surface area contributed by atoms with Gasteiger partial charge in [-0.1, -0.05) is 0 Å². The van der Waals surface area contributed by atoms with E-state index in [-0.39, 0.29) is 16.3 Å². The van der Waals surface area contributed by atoms with Crippen molar-refractivity contribution in [1.29, 1.82) is 0 Å². The number of nitro groups is 2. The highest BCUT2D eigenvalue weighted by Crippen LogP contribution is 2.29. The van der Waals surface area contributed by atoms with Gasteiger partial charge in [0.1, 0.15) is 22.1 Å². The molecule has 33 heavy (non-hydrogen) atoms. The van der Waals surface area contributed by atoms with Gasteiger partial charge in [0.05, 0.1) is 29.2 Å². The Bertz CT molecular complexity index is 1310. The number of anilines is 1. The molecule has 170 valence electrons. The van der Waals surface area contributed by atoms with Gasteiger partial charge in [-0.25, -0.2) is 0 Å². The molecule has 12 nitrogen and oxygen atoms in total. The third kappa shape index (κ3) is 5.80. The van der Waals surface area contributed by atoms with Gasteiger partial charge in [-0.15, -0.1) is 0 Å². The number of benzene rings is 3. The Kier molecular flexibility index (Phi) is 6.83. The number of methoxy groups -OCH3 is 1. The van der Waals surface area contributed by atoms with E-state index in [2.05, 4.69) is 10.5 Å². The van der Waals surface area contributed by atoms with E-state index >= 15 is 0 Å². The highest BCUT2D eigenvalue weighted by atomic mass is 32.2. The van der Waals surface area contributed by atoms with E-state index in [1.807, 2.05) is 0 Å². The number of nitro benzene ring substituents is 2. The van der Waals surface area contributed by atoms with Gasteiger partial charge in [0.25, 0.3) is 5.69 Å². The monoisotopic (exact) mass is 472 g/mol. The Hall–Kier alpha value is -4.52. The van der Waals surface area contributed by atoms with E-state index in [4.69, 9.17) is 8.92 Å². The SMILES string of the molecule is COc1ccc(S(=O)(=O)Oc2ccc(/C=N\Nc3ccc([N+](=O)[O-])cc3[N+](=O)[O-])cc2)cc1. The molecule has 0 aromatic heterocycles. The molecule has 0 amide bonds. The average molecular weight is 472 g/mol. The fourth-order valence-electron chi connectivity index (χ4n) is 2.58. The fraction of sp³-hybridized carbons (Fsp3) is 0.0500. The minimum absolute atomic E-state index is 0.0348. The first kappa shape index (κ1) is 23.1. The maximum atomic E-state index is 12.4. The van der Waals surface area contributed by atoms with Crippen molar-refractivity contribution in [3.05, 3.63) is 92.5 Å². The summed E-state index contributed by atoms with van der Waals surface area (Å²) in [6, 6.07) is 14.7. The summed E-state index contributed by atoms with van der Waals surface area (Å²) in [4.78, 5) is 20.4. The van der Waals surface area contributed by atoms with Crippen LogP contribution in [0.15, 0.2) is 76.7 Å². The molecule has 3 aromatic rings. The molecule has 3 aromatic carbocycles. The van der Waals surface area contributed by atoms with Crippen molar-refractivity contribution >= 4 is 33.4 Å². The lowest BCUT2D eigenvalue weighted by atomic mass is 10.2. The van der Waals surface area contributed by atoms with Crippen molar-refractivity contribution in [3.8, 4) is 11.5 Å². The summed E-state index contributed by atoms with van der Waals surface area (Å²) in [6.07, 6.45) is 1.33. The number of ether oxygens (including phenoxy) is 1. The fourth-order valence-corrected chi connectivity index (χ4v) is 3.51. The average Bonchev–Trinajstić information content (AvgIpc) is 2.80. The summed E-state index contributed by atoms with van der Waals surface area (Å²) < 4.78 is 34.8. The second kappa shape index (κ2) is 9.74. The molecule has 0 heterocycles. The van der Waals surface area contributed by atoms with Crippen molar-refractivity contribution in [2.45, 2.75) is 4.90 Å². The smallest absolute Gasteiger partial charge is 0.339 e. The number of nitrogens with one attached hydrogen (secondary N) is 1. The number of hydrazone groups is 1. The lowest BCUT2D eigenvalue weighted by molar-refractivity contribution is -0.393. The summed E-state index contributed by atoms with van der Waals surface area (Å²) in [5.74, 6) is 0.576. The maximum absolute atomic E-state index is 12.4. The van der Waals surface area contributed by atoms with Crippen LogP contribution in [0.4, 0.5) is 17.1 Å². The summed E-state index contributed by atoms with van der Waals surface area (Å²) in [7, 11) is -2.57. The van der Waals surface area contributed by atoms with Crippen LogP contribution in [0.5, 0.6) is 11.5 Å². The maximum Gasteiger partial charge on any atom is 0.339 e. The van der Waals surface area contributed by atoms with Gasteiger partial charge >= 0.3 is 15.8 Å². The molecule has 0 atom stereocenters. The van der Waals surface area contributed by atoms with Gasteiger partial charge in [-0.3, -0.25) is 25.7 Å². The molecule has 13 heteroatoms. The number of rotatable bonds is 9. The van der Waals surface area contributed by atoms with E-state index in [1.165, 1.54) is 67.9 Å². The van der Waals surface area contributed by atoms with Crippen molar-refractivity contribution in [2.75, 3.05) is 12.5 Å². The molecule has 3 rings (SSSR count). The zero-order chi connectivity index (χ0) is 24.0. The molecular weight excluding hydrogens is 456 g/mol. The summed E-state index contributed by atoms with van der Waals surface area (Å²) in [5.41, 5.74) is 2.03. The molecule has 0 spiro atoms. The largest absolute Gasteiger partial charge is 0.497 e.